The monoisotopic (exact) mass is 274 g/mol. The molecule has 0 aromatic carbocycles. The van der Waals surface area contributed by atoms with Crippen molar-refractivity contribution >= 4 is 27.3 Å². The van der Waals surface area contributed by atoms with Gasteiger partial charge in [-0.3, -0.25) is 4.79 Å². The molecule has 0 spiro atoms. The van der Waals surface area contributed by atoms with Crippen LogP contribution in [0.4, 0.5) is 0 Å². The summed E-state index contributed by atoms with van der Waals surface area (Å²) in [7, 11) is -3.44. The smallest absolute Gasteiger partial charge is 0.250 e. The Hall–Kier alpha value is -0.920. The number of hydrogen-bond acceptors (Lipinski definition) is 4. The first-order valence-electron chi connectivity index (χ1n) is 5.33. The summed E-state index contributed by atoms with van der Waals surface area (Å²) < 4.78 is 26.9. The van der Waals surface area contributed by atoms with E-state index in [4.69, 9.17) is 0 Å². The second-order valence-electron chi connectivity index (χ2n) is 4.03. The third-order valence-corrected chi connectivity index (χ3v) is 5.58. The third kappa shape index (κ3) is 3.05. The van der Waals surface area contributed by atoms with Crippen LogP contribution in [0.15, 0.2) is 16.3 Å². The number of rotatable bonds is 3. The van der Waals surface area contributed by atoms with Crippen molar-refractivity contribution in [1.82, 2.24) is 10.0 Å². The lowest BCUT2D eigenvalue weighted by molar-refractivity contribution is -0.122. The Morgan fingerprint density at radius 1 is 1.47 bits per heavy atom. The van der Waals surface area contributed by atoms with Gasteiger partial charge in [0.15, 0.2) is 0 Å². The third-order valence-electron chi connectivity index (χ3n) is 2.57. The molecule has 1 aromatic rings. The van der Waals surface area contributed by atoms with Gasteiger partial charge in [-0.15, -0.1) is 11.3 Å². The van der Waals surface area contributed by atoms with Crippen LogP contribution in [-0.4, -0.2) is 26.9 Å². The first-order chi connectivity index (χ1) is 7.97. The Kier molecular flexibility index (Phi) is 3.50. The number of nitrogens with one attached hydrogen (secondary N) is 2. The van der Waals surface area contributed by atoms with Gasteiger partial charge in [0, 0.05) is 23.9 Å². The molecule has 7 heteroatoms. The molecule has 0 bridgehead atoms. The normalized spacial score (nSPS) is 21.2. The number of hydrogen-bond donors (Lipinski definition) is 2. The van der Waals surface area contributed by atoms with Gasteiger partial charge < -0.3 is 5.32 Å². The molecule has 1 aliphatic rings. The molecule has 5 nitrogen and oxygen atoms in total. The highest BCUT2D eigenvalue weighted by atomic mass is 32.2. The molecule has 94 valence electrons. The zero-order valence-corrected chi connectivity index (χ0v) is 11.0. The summed E-state index contributed by atoms with van der Waals surface area (Å²) in [6.07, 6.45) is 0.923. The second-order valence-corrected chi connectivity index (χ2v) is 7.25. The van der Waals surface area contributed by atoms with Crippen molar-refractivity contribution in [3.63, 3.8) is 0 Å². The highest BCUT2D eigenvalue weighted by Crippen LogP contribution is 2.21. The molecule has 0 aliphatic carbocycles. The van der Waals surface area contributed by atoms with E-state index in [0.29, 0.717) is 23.6 Å². The van der Waals surface area contributed by atoms with Crippen molar-refractivity contribution in [3.8, 4) is 0 Å². The Morgan fingerprint density at radius 3 is 2.76 bits per heavy atom. The minimum absolute atomic E-state index is 0.0209. The van der Waals surface area contributed by atoms with E-state index in [9.17, 15) is 13.2 Å². The fourth-order valence-electron chi connectivity index (χ4n) is 1.67. The lowest BCUT2D eigenvalue weighted by Gasteiger charge is -2.22. The van der Waals surface area contributed by atoms with Crippen LogP contribution >= 0.6 is 11.3 Å². The molecule has 1 amide bonds. The van der Waals surface area contributed by atoms with Gasteiger partial charge in [0.05, 0.1) is 0 Å². The summed E-state index contributed by atoms with van der Waals surface area (Å²) in [6, 6.07) is 3.17. The molecule has 2 heterocycles. The molecule has 1 saturated heterocycles. The molecule has 17 heavy (non-hydrogen) atoms. The molecule has 1 unspecified atom stereocenters. The summed E-state index contributed by atoms with van der Waals surface area (Å²) in [6.45, 7) is 2.23. The minimum Gasteiger partial charge on any atom is -0.355 e. The molecular weight excluding hydrogens is 260 g/mol. The fraction of sp³-hybridized carbons (Fsp3) is 0.500. The van der Waals surface area contributed by atoms with Crippen LogP contribution in [0.5, 0.6) is 0 Å². The van der Waals surface area contributed by atoms with Gasteiger partial charge in [0.2, 0.25) is 15.9 Å². The van der Waals surface area contributed by atoms with Crippen LogP contribution in [0.25, 0.3) is 0 Å². The van der Waals surface area contributed by atoms with E-state index >= 15 is 0 Å². The van der Waals surface area contributed by atoms with Crippen LogP contribution in [-0.2, 0) is 14.8 Å². The molecule has 1 aromatic heterocycles. The number of piperidine rings is 1. The van der Waals surface area contributed by atoms with Gasteiger partial charge in [-0.25, -0.2) is 13.1 Å². The van der Waals surface area contributed by atoms with Crippen molar-refractivity contribution in [2.24, 2.45) is 0 Å². The predicted octanol–water partition coefficient (Wildman–Crippen LogP) is 0.613. The largest absolute Gasteiger partial charge is 0.355 e. The maximum Gasteiger partial charge on any atom is 0.250 e. The lowest BCUT2D eigenvalue weighted by Crippen LogP contribution is -2.47. The summed E-state index contributed by atoms with van der Waals surface area (Å²) in [5.74, 6) is -0.0209. The van der Waals surface area contributed by atoms with E-state index in [0.717, 1.165) is 4.88 Å². The zero-order chi connectivity index (χ0) is 12.5. The van der Waals surface area contributed by atoms with Crippen LogP contribution < -0.4 is 10.0 Å². The topological polar surface area (TPSA) is 75.3 Å². The minimum atomic E-state index is -3.44. The average molecular weight is 274 g/mol. The van der Waals surface area contributed by atoms with Crippen molar-refractivity contribution in [3.05, 3.63) is 17.0 Å². The molecule has 2 rings (SSSR count). The van der Waals surface area contributed by atoms with Crippen molar-refractivity contribution in [1.29, 1.82) is 0 Å². The van der Waals surface area contributed by atoms with Gasteiger partial charge in [-0.2, -0.15) is 0 Å². The van der Waals surface area contributed by atoms with E-state index in [1.807, 2.05) is 6.92 Å². The van der Waals surface area contributed by atoms with Crippen LogP contribution in [0.1, 0.15) is 17.7 Å². The number of amides is 1. The average Bonchev–Trinajstić information content (AvgIpc) is 2.69. The lowest BCUT2D eigenvalue weighted by atomic mass is 10.1. The quantitative estimate of drug-likeness (QED) is 0.848. The Morgan fingerprint density at radius 2 is 2.24 bits per heavy atom. The summed E-state index contributed by atoms with van der Waals surface area (Å²) in [4.78, 5) is 11.9. The van der Waals surface area contributed by atoms with Crippen molar-refractivity contribution in [2.75, 3.05) is 6.54 Å². The fourth-order valence-corrected chi connectivity index (χ4v) is 4.24. The molecular formula is C10H14N2O3S2. The van der Waals surface area contributed by atoms with Crippen molar-refractivity contribution < 1.29 is 13.2 Å². The summed E-state index contributed by atoms with van der Waals surface area (Å²) >= 11 is 1.25. The Labute approximate surface area is 104 Å². The zero-order valence-electron chi connectivity index (χ0n) is 9.39. The molecule has 2 N–H and O–H groups in total. The number of aryl methyl sites for hydroxylation is 1. The van der Waals surface area contributed by atoms with Gasteiger partial charge in [-0.1, -0.05) is 0 Å². The van der Waals surface area contributed by atoms with Crippen LogP contribution in [0.2, 0.25) is 0 Å². The van der Waals surface area contributed by atoms with Gasteiger partial charge >= 0.3 is 0 Å². The maximum absolute atomic E-state index is 12.0. The Bertz CT molecular complexity index is 511. The van der Waals surface area contributed by atoms with Crippen LogP contribution in [0.3, 0.4) is 0 Å². The molecule has 1 atom stereocenters. The predicted molar refractivity (Wildman–Crippen MR) is 65.4 cm³/mol. The van der Waals surface area contributed by atoms with Gasteiger partial charge in [0.1, 0.15) is 4.21 Å². The van der Waals surface area contributed by atoms with Gasteiger partial charge in [-0.05, 0) is 25.5 Å². The number of carbonyl (C=O) groups is 1. The Balaban J connectivity index is 2.05. The van der Waals surface area contributed by atoms with Gasteiger partial charge in [0.25, 0.3) is 0 Å². The summed E-state index contributed by atoms with van der Waals surface area (Å²) in [5, 5.41) is 2.65. The number of carbonyl (C=O) groups excluding carboxylic acids is 1. The molecule has 1 fully saturated rings. The first kappa shape index (κ1) is 12.5. The first-order valence-corrected chi connectivity index (χ1v) is 7.63. The second kappa shape index (κ2) is 4.75. The highest BCUT2D eigenvalue weighted by molar-refractivity contribution is 7.91. The van der Waals surface area contributed by atoms with E-state index < -0.39 is 10.0 Å². The maximum atomic E-state index is 12.0. The molecule has 0 radical (unpaired) electrons. The number of thiophene rings is 1. The van der Waals surface area contributed by atoms with E-state index in [2.05, 4.69) is 10.0 Å². The van der Waals surface area contributed by atoms with E-state index in [1.165, 1.54) is 11.3 Å². The van der Waals surface area contributed by atoms with E-state index in [-0.39, 0.29) is 11.9 Å². The highest BCUT2D eigenvalue weighted by Gasteiger charge is 2.24. The number of sulfonamides is 1. The summed E-state index contributed by atoms with van der Waals surface area (Å²) in [5.41, 5.74) is 0. The molecule has 0 saturated carbocycles. The SMILES string of the molecule is Cc1ccc(S(=O)(=O)NC2CCC(=O)NC2)s1. The standard InChI is InChI=1S/C10H14N2O3S2/c1-7-2-5-10(16-7)17(14,15)12-8-3-4-9(13)11-6-8/h2,5,8,12H,3-4,6H2,1H3,(H,11,13). The van der Waals surface area contributed by atoms with Crippen LogP contribution in [0, 0.1) is 6.92 Å². The van der Waals surface area contributed by atoms with E-state index in [1.54, 1.807) is 12.1 Å². The molecule has 1 aliphatic heterocycles. The van der Waals surface area contributed by atoms with Crippen molar-refractivity contribution in [2.45, 2.75) is 30.0 Å².